The molecule has 2 heteroatoms. The minimum absolute atomic E-state index is 0.269. The van der Waals surface area contributed by atoms with Crippen molar-refractivity contribution in [3.05, 3.63) is 41.2 Å². The number of carbonyl (C=O) groups excluding carboxylic acids is 1. The molecule has 3 rings (SSSR count). The third kappa shape index (κ3) is 1.37. The lowest BCUT2D eigenvalue weighted by molar-refractivity contribution is -0.116. The predicted molar refractivity (Wildman–Crippen MR) is 56.7 cm³/mol. The van der Waals surface area contributed by atoms with Gasteiger partial charge in [0.25, 0.3) is 0 Å². The van der Waals surface area contributed by atoms with Crippen LogP contribution in [0.15, 0.2) is 35.6 Å². The van der Waals surface area contributed by atoms with Gasteiger partial charge < -0.3 is 4.74 Å². The number of benzene rings is 1. The first-order chi connectivity index (χ1) is 7.34. The van der Waals surface area contributed by atoms with E-state index in [-0.39, 0.29) is 5.78 Å². The minimum Gasteiger partial charge on any atom is -0.461 e. The number of allylic oxidation sites excluding steroid dienone is 2. The molecular formula is C13H12O2. The van der Waals surface area contributed by atoms with Crippen LogP contribution in [0.25, 0.3) is 0 Å². The highest BCUT2D eigenvalue weighted by Gasteiger charge is 2.26. The molecule has 0 fully saturated rings. The fourth-order valence-electron chi connectivity index (χ4n) is 2.25. The first kappa shape index (κ1) is 8.72. The fourth-order valence-corrected chi connectivity index (χ4v) is 2.25. The molecule has 0 N–H and O–H groups in total. The predicted octanol–water partition coefficient (Wildman–Crippen LogP) is 2.63. The number of Topliss-reactive ketones (excluding diaryl/α,β-unsaturated/α-hetero) is 1. The van der Waals surface area contributed by atoms with Crippen LogP contribution in [0, 0.1) is 0 Å². The van der Waals surface area contributed by atoms with Gasteiger partial charge in [-0.1, -0.05) is 18.2 Å². The molecule has 0 radical (unpaired) electrons. The van der Waals surface area contributed by atoms with Crippen LogP contribution < -0.4 is 4.74 Å². The monoisotopic (exact) mass is 200 g/mol. The van der Waals surface area contributed by atoms with Crippen LogP contribution in [0.2, 0.25) is 0 Å². The van der Waals surface area contributed by atoms with E-state index in [0.717, 1.165) is 41.9 Å². The van der Waals surface area contributed by atoms with Gasteiger partial charge in [0.15, 0.2) is 5.78 Å². The first-order valence-corrected chi connectivity index (χ1v) is 5.35. The van der Waals surface area contributed by atoms with Crippen LogP contribution in [0.5, 0.6) is 5.75 Å². The van der Waals surface area contributed by atoms with E-state index in [1.165, 1.54) is 0 Å². The number of ketones is 1. The Labute approximate surface area is 88.6 Å². The first-order valence-electron chi connectivity index (χ1n) is 5.35. The molecule has 0 saturated heterocycles. The van der Waals surface area contributed by atoms with Gasteiger partial charge in [-0.05, 0) is 18.1 Å². The zero-order chi connectivity index (χ0) is 10.3. The SMILES string of the molecule is O=C1CCCC2=C1Cc1ccccc1O2. The molecule has 1 heterocycles. The highest BCUT2D eigenvalue weighted by molar-refractivity contribution is 5.97. The Morgan fingerprint density at radius 2 is 2.00 bits per heavy atom. The van der Waals surface area contributed by atoms with Crippen LogP contribution in [-0.4, -0.2) is 5.78 Å². The molecule has 1 aliphatic heterocycles. The van der Waals surface area contributed by atoms with Crippen LogP contribution in [0.1, 0.15) is 24.8 Å². The number of para-hydroxylation sites is 1. The summed E-state index contributed by atoms with van der Waals surface area (Å²) in [6.45, 7) is 0. The smallest absolute Gasteiger partial charge is 0.162 e. The second-order valence-corrected chi connectivity index (χ2v) is 4.07. The maximum Gasteiger partial charge on any atom is 0.162 e. The summed E-state index contributed by atoms with van der Waals surface area (Å²) < 4.78 is 5.77. The zero-order valence-corrected chi connectivity index (χ0v) is 8.45. The van der Waals surface area contributed by atoms with Gasteiger partial charge in [0.2, 0.25) is 0 Å². The molecule has 15 heavy (non-hydrogen) atoms. The lowest BCUT2D eigenvalue weighted by Gasteiger charge is -2.25. The van der Waals surface area contributed by atoms with Crippen molar-refractivity contribution in [1.29, 1.82) is 0 Å². The highest BCUT2D eigenvalue weighted by atomic mass is 16.5. The molecule has 1 aromatic carbocycles. The summed E-state index contributed by atoms with van der Waals surface area (Å²) in [5, 5.41) is 0. The van der Waals surface area contributed by atoms with Gasteiger partial charge in [-0.2, -0.15) is 0 Å². The van der Waals surface area contributed by atoms with Crippen molar-refractivity contribution in [2.24, 2.45) is 0 Å². The summed E-state index contributed by atoms with van der Waals surface area (Å²) in [5.74, 6) is 2.10. The second kappa shape index (κ2) is 3.23. The number of carbonyl (C=O) groups is 1. The van der Waals surface area contributed by atoms with E-state index < -0.39 is 0 Å². The number of ether oxygens (including phenoxy) is 1. The maximum atomic E-state index is 11.7. The Morgan fingerprint density at radius 3 is 2.93 bits per heavy atom. The molecule has 2 nitrogen and oxygen atoms in total. The molecule has 0 spiro atoms. The van der Waals surface area contributed by atoms with Crippen molar-refractivity contribution >= 4 is 5.78 Å². The zero-order valence-electron chi connectivity index (χ0n) is 8.45. The van der Waals surface area contributed by atoms with E-state index in [1.807, 2.05) is 24.3 Å². The van der Waals surface area contributed by atoms with Crippen molar-refractivity contribution in [2.75, 3.05) is 0 Å². The van der Waals surface area contributed by atoms with Crippen LogP contribution in [0.4, 0.5) is 0 Å². The maximum absolute atomic E-state index is 11.7. The number of hydrogen-bond acceptors (Lipinski definition) is 2. The van der Waals surface area contributed by atoms with Crippen LogP contribution >= 0.6 is 0 Å². The van der Waals surface area contributed by atoms with Crippen molar-refractivity contribution < 1.29 is 9.53 Å². The van der Waals surface area contributed by atoms with Gasteiger partial charge in [0.1, 0.15) is 11.5 Å². The molecule has 1 aliphatic carbocycles. The summed E-state index contributed by atoms with van der Waals surface area (Å²) in [4.78, 5) is 11.7. The Kier molecular flexibility index (Phi) is 1.88. The average Bonchev–Trinajstić information content (AvgIpc) is 2.27. The number of rotatable bonds is 0. The van der Waals surface area contributed by atoms with Gasteiger partial charge in [0, 0.05) is 24.8 Å². The molecule has 1 aromatic rings. The van der Waals surface area contributed by atoms with Crippen molar-refractivity contribution in [3.8, 4) is 5.75 Å². The Hall–Kier alpha value is -1.57. The van der Waals surface area contributed by atoms with Crippen molar-refractivity contribution in [2.45, 2.75) is 25.7 Å². The standard InChI is InChI=1S/C13H12O2/c14-11-5-3-7-13-10(11)8-9-4-1-2-6-12(9)15-13/h1-2,4,6H,3,5,7-8H2. The van der Waals surface area contributed by atoms with Gasteiger partial charge in [-0.25, -0.2) is 0 Å². The number of hydrogen-bond donors (Lipinski definition) is 0. The molecule has 0 unspecified atom stereocenters. The lowest BCUT2D eigenvalue weighted by Crippen LogP contribution is -2.20. The van der Waals surface area contributed by atoms with E-state index in [9.17, 15) is 4.79 Å². The van der Waals surface area contributed by atoms with E-state index >= 15 is 0 Å². The van der Waals surface area contributed by atoms with E-state index in [0.29, 0.717) is 6.42 Å². The van der Waals surface area contributed by atoms with Gasteiger partial charge in [-0.3, -0.25) is 4.79 Å². The van der Waals surface area contributed by atoms with Gasteiger partial charge >= 0.3 is 0 Å². The van der Waals surface area contributed by atoms with Crippen molar-refractivity contribution in [3.63, 3.8) is 0 Å². The molecule has 0 saturated carbocycles. The largest absolute Gasteiger partial charge is 0.461 e. The fraction of sp³-hybridized carbons (Fsp3) is 0.308. The second-order valence-electron chi connectivity index (χ2n) is 4.07. The van der Waals surface area contributed by atoms with E-state index in [4.69, 9.17) is 4.74 Å². The summed E-state index contributed by atoms with van der Waals surface area (Å²) in [6.07, 6.45) is 3.28. The minimum atomic E-state index is 0.269. The Morgan fingerprint density at radius 1 is 1.13 bits per heavy atom. The lowest BCUT2D eigenvalue weighted by atomic mass is 9.89. The van der Waals surface area contributed by atoms with Crippen LogP contribution in [0.3, 0.4) is 0 Å². The third-order valence-corrected chi connectivity index (χ3v) is 3.05. The van der Waals surface area contributed by atoms with Gasteiger partial charge in [-0.15, -0.1) is 0 Å². The molecule has 0 aromatic heterocycles. The number of fused-ring (bicyclic) bond motifs is 1. The normalized spacial score (nSPS) is 19.3. The highest BCUT2D eigenvalue weighted by Crippen LogP contribution is 2.35. The molecule has 76 valence electrons. The van der Waals surface area contributed by atoms with E-state index in [1.54, 1.807) is 0 Å². The molecule has 2 aliphatic rings. The summed E-state index contributed by atoms with van der Waals surface area (Å²) in [5.41, 5.74) is 2.03. The third-order valence-electron chi connectivity index (χ3n) is 3.05. The van der Waals surface area contributed by atoms with Gasteiger partial charge in [0.05, 0.1) is 0 Å². The Bertz CT molecular complexity index is 457. The quantitative estimate of drug-likeness (QED) is 0.643. The topological polar surface area (TPSA) is 26.3 Å². The Balaban J connectivity index is 2.04. The summed E-state index contributed by atoms with van der Waals surface area (Å²) in [6, 6.07) is 7.95. The summed E-state index contributed by atoms with van der Waals surface area (Å²) in [7, 11) is 0. The van der Waals surface area contributed by atoms with Crippen molar-refractivity contribution in [1.82, 2.24) is 0 Å². The molecular weight excluding hydrogens is 188 g/mol. The average molecular weight is 200 g/mol. The van der Waals surface area contributed by atoms with E-state index in [2.05, 4.69) is 0 Å². The molecule has 0 atom stereocenters. The molecule has 0 amide bonds. The molecule has 0 bridgehead atoms. The van der Waals surface area contributed by atoms with Crippen LogP contribution in [-0.2, 0) is 11.2 Å². The summed E-state index contributed by atoms with van der Waals surface area (Å²) >= 11 is 0.